The van der Waals surface area contributed by atoms with E-state index < -0.39 is 17.1 Å². The van der Waals surface area contributed by atoms with Crippen molar-refractivity contribution in [2.45, 2.75) is 76.1 Å². The number of amides is 1. The van der Waals surface area contributed by atoms with E-state index in [1.165, 1.54) is 0 Å². The molecule has 0 radical (unpaired) electrons. The Morgan fingerprint density at radius 1 is 1.00 bits per heavy atom. The van der Waals surface area contributed by atoms with Crippen LogP contribution in [0.4, 0.5) is 0 Å². The molecule has 2 bridgehead atoms. The average molecular weight is 536 g/mol. The van der Waals surface area contributed by atoms with Gasteiger partial charge in [-0.25, -0.2) is 4.79 Å². The number of rotatable bonds is 6. The molecule has 1 saturated carbocycles. The second kappa shape index (κ2) is 8.10. The zero-order chi connectivity index (χ0) is 27.4. The summed E-state index contributed by atoms with van der Waals surface area (Å²) in [5.41, 5.74) is 3.08. The monoisotopic (exact) mass is 535 g/mol. The van der Waals surface area contributed by atoms with Gasteiger partial charge in [0.2, 0.25) is 0 Å². The van der Waals surface area contributed by atoms with Gasteiger partial charge in [0.15, 0.2) is 5.60 Å². The molecule has 1 aliphatic carbocycles. The Balaban J connectivity index is 1.47. The highest BCUT2D eigenvalue weighted by molar-refractivity contribution is 6.31. The van der Waals surface area contributed by atoms with Crippen molar-refractivity contribution < 1.29 is 19.4 Å². The number of unbranched alkanes of at least 4 members (excludes halogenated alkanes) is 3. The number of hydrogen-bond donors (Lipinski definition) is 2. The highest BCUT2D eigenvalue weighted by Gasteiger charge is 2.64. The van der Waals surface area contributed by atoms with Crippen molar-refractivity contribution in [3.8, 4) is 0 Å². The van der Waals surface area contributed by atoms with E-state index in [0.717, 1.165) is 80.4 Å². The molecule has 0 saturated heterocycles. The van der Waals surface area contributed by atoms with E-state index in [0.29, 0.717) is 19.6 Å². The van der Waals surface area contributed by atoms with Gasteiger partial charge in [0.05, 0.1) is 28.7 Å². The molecule has 7 heteroatoms. The van der Waals surface area contributed by atoms with Gasteiger partial charge in [-0.1, -0.05) is 62.6 Å². The number of carbonyl (C=O) groups excluding carboxylic acids is 2. The Kier molecular flexibility index (Phi) is 4.86. The van der Waals surface area contributed by atoms with Crippen LogP contribution in [0.5, 0.6) is 0 Å². The minimum atomic E-state index is -1.71. The van der Waals surface area contributed by atoms with Crippen molar-refractivity contribution in [3.63, 3.8) is 0 Å². The van der Waals surface area contributed by atoms with Gasteiger partial charge >= 0.3 is 5.97 Å². The molecule has 1 fully saturated rings. The fourth-order valence-corrected chi connectivity index (χ4v) is 8.21. The Morgan fingerprint density at radius 3 is 2.50 bits per heavy atom. The summed E-state index contributed by atoms with van der Waals surface area (Å²) in [6, 6.07) is 16.3. The minimum absolute atomic E-state index is 0.0413. The van der Waals surface area contributed by atoms with E-state index in [2.05, 4.69) is 45.6 Å². The molecule has 8 rings (SSSR count). The largest absolute Gasteiger partial charge is 0.463 e. The number of fused-ring (bicyclic) bond motifs is 13. The first-order valence-electron chi connectivity index (χ1n) is 14.6. The van der Waals surface area contributed by atoms with E-state index in [9.17, 15) is 14.7 Å². The lowest BCUT2D eigenvalue weighted by atomic mass is 9.83. The number of para-hydroxylation sites is 2. The average Bonchev–Trinajstić information content (AvgIpc) is 3.65. The molecule has 40 heavy (non-hydrogen) atoms. The second-order valence-corrected chi connectivity index (χ2v) is 12.1. The lowest BCUT2D eigenvalue weighted by Crippen LogP contribution is -2.55. The predicted octanol–water partition coefficient (Wildman–Crippen LogP) is 6.06. The Bertz CT molecular complexity index is 1920. The number of nitrogens with zero attached hydrogens (tertiary/aromatic N) is 2. The normalized spacial score (nSPS) is 24.9. The molecular formula is C33H33N3O4. The maximum absolute atomic E-state index is 13.9. The van der Waals surface area contributed by atoms with Crippen LogP contribution in [0.2, 0.25) is 0 Å². The van der Waals surface area contributed by atoms with Crippen LogP contribution < -0.4 is 5.32 Å². The number of aromatic nitrogens is 2. The molecule has 0 unspecified atom stereocenters. The third-order valence-electron chi connectivity index (χ3n) is 10.00. The molecule has 7 nitrogen and oxygen atoms in total. The van der Waals surface area contributed by atoms with Gasteiger partial charge < -0.3 is 24.3 Å². The van der Waals surface area contributed by atoms with E-state index in [1.54, 1.807) is 0 Å². The van der Waals surface area contributed by atoms with Gasteiger partial charge in [-0.2, -0.15) is 0 Å². The summed E-state index contributed by atoms with van der Waals surface area (Å²) in [4.78, 5) is 27.3. The van der Waals surface area contributed by atoms with Gasteiger partial charge in [-0.05, 0) is 37.5 Å². The number of benzene rings is 3. The van der Waals surface area contributed by atoms with Crippen LogP contribution in [0.15, 0.2) is 48.5 Å². The van der Waals surface area contributed by atoms with Crippen molar-refractivity contribution in [2.24, 2.45) is 0 Å². The third kappa shape index (κ3) is 2.74. The standard InChI is InChI=1S/C33H33N3O4/c1-3-4-5-10-15-40-31(38)33(39)17-19-16-32(33,2)36-24-14-9-7-12-21(24)25-22-18-34-30(37)27(22)26-20-11-6-8-13-23(20)35(19)28(26)29(25)36/h6-9,11-14,19,39H,3-5,10,15-18H2,1-2H3,(H,34,37)/t19-,32+,33-/m0/s1. The molecule has 2 aromatic heterocycles. The fraction of sp³-hybridized carbons (Fsp3) is 0.394. The highest BCUT2D eigenvalue weighted by atomic mass is 16.5. The van der Waals surface area contributed by atoms with E-state index >= 15 is 0 Å². The SMILES string of the molecule is CCCCCCOC(=O)[C@@]1(O)C[C@@H]2C[C@@]1(C)n1c3ccccc3c3c4c(c5c6ccccc6n2c5c31)C(=O)NC4. The van der Waals surface area contributed by atoms with Crippen molar-refractivity contribution in [2.75, 3.05) is 6.61 Å². The van der Waals surface area contributed by atoms with Gasteiger partial charge in [0.25, 0.3) is 5.91 Å². The summed E-state index contributed by atoms with van der Waals surface area (Å²) in [5, 5.41) is 19.7. The first kappa shape index (κ1) is 24.0. The maximum atomic E-state index is 13.9. The second-order valence-electron chi connectivity index (χ2n) is 12.1. The molecule has 3 aliphatic rings. The predicted molar refractivity (Wildman–Crippen MR) is 156 cm³/mol. The van der Waals surface area contributed by atoms with Crippen LogP contribution >= 0.6 is 0 Å². The van der Waals surface area contributed by atoms with E-state index in [4.69, 9.17) is 4.74 Å². The number of aliphatic hydroxyl groups is 1. The van der Waals surface area contributed by atoms with Crippen LogP contribution in [0, 0.1) is 0 Å². The molecule has 3 aromatic carbocycles. The first-order chi connectivity index (χ1) is 19.4. The maximum Gasteiger partial charge on any atom is 0.340 e. The van der Waals surface area contributed by atoms with Gasteiger partial charge in [0, 0.05) is 51.6 Å². The summed E-state index contributed by atoms with van der Waals surface area (Å²) < 4.78 is 10.4. The summed E-state index contributed by atoms with van der Waals surface area (Å²) in [7, 11) is 0. The number of nitrogens with one attached hydrogen (secondary N) is 1. The molecule has 5 aromatic rings. The molecule has 2 N–H and O–H groups in total. The summed E-state index contributed by atoms with van der Waals surface area (Å²) in [6.07, 6.45) is 4.83. The Morgan fingerprint density at radius 2 is 1.73 bits per heavy atom. The lowest BCUT2D eigenvalue weighted by molar-refractivity contribution is -0.175. The van der Waals surface area contributed by atoms with Crippen LogP contribution in [0.1, 0.15) is 74.3 Å². The van der Waals surface area contributed by atoms with Gasteiger partial charge in [-0.15, -0.1) is 0 Å². The van der Waals surface area contributed by atoms with Crippen molar-refractivity contribution in [1.29, 1.82) is 0 Å². The van der Waals surface area contributed by atoms with Crippen LogP contribution in [0.3, 0.4) is 0 Å². The summed E-state index contributed by atoms with van der Waals surface area (Å²) in [6.45, 7) is 4.95. The minimum Gasteiger partial charge on any atom is -0.463 e. The lowest BCUT2D eigenvalue weighted by Gasteiger charge is -2.40. The fourth-order valence-electron chi connectivity index (χ4n) is 8.21. The molecule has 2 aliphatic heterocycles. The van der Waals surface area contributed by atoms with E-state index in [-0.39, 0.29) is 18.4 Å². The molecule has 3 atom stereocenters. The van der Waals surface area contributed by atoms with Crippen LogP contribution in [-0.4, -0.2) is 38.3 Å². The summed E-state index contributed by atoms with van der Waals surface area (Å²) in [5.74, 6) is -0.575. The third-order valence-corrected chi connectivity index (χ3v) is 10.00. The molecule has 1 amide bonds. The van der Waals surface area contributed by atoms with Crippen LogP contribution in [0.25, 0.3) is 43.6 Å². The zero-order valence-electron chi connectivity index (χ0n) is 22.9. The summed E-state index contributed by atoms with van der Waals surface area (Å²) >= 11 is 0. The van der Waals surface area contributed by atoms with Crippen molar-refractivity contribution in [1.82, 2.24) is 14.5 Å². The molecular weight excluding hydrogens is 502 g/mol. The molecule has 0 spiro atoms. The topological polar surface area (TPSA) is 85.5 Å². The van der Waals surface area contributed by atoms with Crippen LogP contribution in [-0.2, 0) is 21.6 Å². The van der Waals surface area contributed by atoms with Gasteiger partial charge in [0.1, 0.15) is 0 Å². The Hall–Kier alpha value is -3.84. The highest BCUT2D eigenvalue weighted by Crippen LogP contribution is 2.59. The molecule has 204 valence electrons. The van der Waals surface area contributed by atoms with Crippen molar-refractivity contribution >= 4 is 55.5 Å². The first-order valence-corrected chi connectivity index (χ1v) is 14.6. The zero-order valence-corrected chi connectivity index (χ0v) is 22.9. The number of ether oxygens (including phenoxy) is 1. The quantitative estimate of drug-likeness (QED) is 0.204. The number of carbonyl (C=O) groups is 2. The smallest absolute Gasteiger partial charge is 0.340 e. The number of hydrogen-bond acceptors (Lipinski definition) is 4. The molecule has 4 heterocycles. The number of esters is 1. The Labute approximate surface area is 231 Å². The van der Waals surface area contributed by atoms with Crippen molar-refractivity contribution in [3.05, 3.63) is 59.7 Å². The van der Waals surface area contributed by atoms with E-state index in [1.807, 2.05) is 31.2 Å². The van der Waals surface area contributed by atoms with Gasteiger partial charge in [-0.3, -0.25) is 4.79 Å².